The minimum atomic E-state index is -0.317. The second-order valence-corrected chi connectivity index (χ2v) is 4.34. The van der Waals surface area contributed by atoms with Crippen molar-refractivity contribution in [1.29, 1.82) is 0 Å². The lowest BCUT2D eigenvalue weighted by molar-refractivity contribution is 0.275. The molecule has 0 rings (SSSR count). The van der Waals surface area contributed by atoms with Gasteiger partial charge in [0.2, 0.25) is 0 Å². The third kappa shape index (κ3) is 4.15. The van der Waals surface area contributed by atoms with Crippen LogP contribution in [0.25, 0.3) is 10.4 Å². The SMILES string of the molecule is CCC(C)(CC(C)(C)N=[N+]=[N-])NC. The minimum Gasteiger partial charge on any atom is -0.315 e. The van der Waals surface area contributed by atoms with Crippen molar-refractivity contribution in [1.82, 2.24) is 5.32 Å². The fourth-order valence-electron chi connectivity index (χ4n) is 1.50. The highest BCUT2D eigenvalue weighted by atomic mass is 15.2. The van der Waals surface area contributed by atoms with Crippen LogP contribution in [0.2, 0.25) is 0 Å². The predicted molar refractivity (Wildman–Crippen MR) is 55.6 cm³/mol. The Morgan fingerprint density at radius 3 is 2.23 bits per heavy atom. The van der Waals surface area contributed by atoms with Crippen LogP contribution in [0.15, 0.2) is 5.11 Å². The normalized spacial score (nSPS) is 16.1. The second kappa shape index (κ2) is 4.49. The van der Waals surface area contributed by atoms with E-state index in [2.05, 4.69) is 29.2 Å². The number of hydrogen-bond donors (Lipinski definition) is 1. The van der Waals surface area contributed by atoms with E-state index in [1.165, 1.54) is 0 Å². The van der Waals surface area contributed by atoms with E-state index in [1.54, 1.807) is 0 Å². The number of nitrogens with zero attached hydrogens (tertiary/aromatic N) is 3. The molecule has 0 heterocycles. The molecule has 0 aliphatic heterocycles. The van der Waals surface area contributed by atoms with Crippen LogP contribution in [0.1, 0.15) is 40.5 Å². The molecule has 4 heteroatoms. The molecule has 0 aromatic carbocycles. The van der Waals surface area contributed by atoms with Gasteiger partial charge < -0.3 is 5.32 Å². The lowest BCUT2D eigenvalue weighted by atomic mass is 9.84. The van der Waals surface area contributed by atoms with Gasteiger partial charge in [-0.15, -0.1) is 0 Å². The molecule has 0 radical (unpaired) electrons. The van der Waals surface area contributed by atoms with Crippen LogP contribution in [-0.2, 0) is 0 Å². The first kappa shape index (κ1) is 12.3. The Bertz CT molecular complexity index is 200. The third-order valence-electron chi connectivity index (χ3n) is 2.52. The summed E-state index contributed by atoms with van der Waals surface area (Å²) in [5.74, 6) is 0. The summed E-state index contributed by atoms with van der Waals surface area (Å²) in [7, 11) is 1.94. The van der Waals surface area contributed by atoms with Gasteiger partial charge >= 0.3 is 0 Å². The molecule has 0 spiro atoms. The van der Waals surface area contributed by atoms with Gasteiger partial charge in [0.1, 0.15) is 0 Å². The number of hydrogen-bond acceptors (Lipinski definition) is 2. The third-order valence-corrected chi connectivity index (χ3v) is 2.52. The van der Waals surface area contributed by atoms with Crippen molar-refractivity contribution in [3.05, 3.63) is 10.4 Å². The second-order valence-electron chi connectivity index (χ2n) is 4.34. The smallest absolute Gasteiger partial charge is 0.0449 e. The van der Waals surface area contributed by atoms with Crippen LogP contribution in [0.4, 0.5) is 0 Å². The summed E-state index contributed by atoms with van der Waals surface area (Å²) in [6, 6.07) is 0. The topological polar surface area (TPSA) is 60.8 Å². The Morgan fingerprint density at radius 2 is 1.92 bits per heavy atom. The maximum Gasteiger partial charge on any atom is 0.0449 e. The molecule has 0 amide bonds. The summed E-state index contributed by atoms with van der Waals surface area (Å²) in [5.41, 5.74) is 8.12. The summed E-state index contributed by atoms with van der Waals surface area (Å²) in [6.07, 6.45) is 1.87. The minimum absolute atomic E-state index is 0.0533. The van der Waals surface area contributed by atoms with Crippen molar-refractivity contribution < 1.29 is 0 Å². The van der Waals surface area contributed by atoms with Gasteiger partial charge in [0.15, 0.2) is 0 Å². The predicted octanol–water partition coefficient (Wildman–Crippen LogP) is 2.85. The van der Waals surface area contributed by atoms with E-state index in [-0.39, 0.29) is 11.1 Å². The average Bonchev–Trinajstić information content (AvgIpc) is 2.03. The van der Waals surface area contributed by atoms with E-state index in [0.717, 1.165) is 12.8 Å². The first-order valence-corrected chi connectivity index (χ1v) is 4.64. The van der Waals surface area contributed by atoms with Gasteiger partial charge in [-0.25, -0.2) is 0 Å². The van der Waals surface area contributed by atoms with Crippen molar-refractivity contribution in [3.63, 3.8) is 0 Å². The fraction of sp³-hybridized carbons (Fsp3) is 1.00. The molecular weight excluding hydrogens is 164 g/mol. The molecule has 1 atom stereocenters. The van der Waals surface area contributed by atoms with Gasteiger partial charge in [-0.1, -0.05) is 25.9 Å². The van der Waals surface area contributed by atoms with Crippen LogP contribution in [0.3, 0.4) is 0 Å². The van der Waals surface area contributed by atoms with Gasteiger partial charge in [0, 0.05) is 16.0 Å². The standard InChI is InChI=1S/C9H20N4/c1-6-9(4,11-5)7-8(2,3)12-13-10/h11H,6-7H2,1-5H3. The van der Waals surface area contributed by atoms with Crippen LogP contribution in [0, 0.1) is 0 Å². The lowest BCUT2D eigenvalue weighted by Gasteiger charge is -2.34. The van der Waals surface area contributed by atoms with E-state index in [4.69, 9.17) is 5.53 Å². The summed E-state index contributed by atoms with van der Waals surface area (Å²) in [6.45, 7) is 8.18. The zero-order valence-corrected chi connectivity index (χ0v) is 9.26. The van der Waals surface area contributed by atoms with Crippen LogP contribution in [0.5, 0.6) is 0 Å². The van der Waals surface area contributed by atoms with Gasteiger partial charge in [-0.3, -0.25) is 0 Å². The Morgan fingerprint density at radius 1 is 1.38 bits per heavy atom. The summed E-state index contributed by atoms with van der Waals surface area (Å²) in [5, 5.41) is 7.04. The Labute approximate surface area is 80.3 Å². The van der Waals surface area contributed by atoms with Crippen molar-refractivity contribution in [3.8, 4) is 0 Å². The summed E-state index contributed by atoms with van der Waals surface area (Å²) >= 11 is 0. The van der Waals surface area contributed by atoms with E-state index >= 15 is 0 Å². The molecule has 0 aromatic heterocycles. The van der Waals surface area contributed by atoms with Crippen molar-refractivity contribution in [2.45, 2.75) is 51.6 Å². The number of nitrogens with one attached hydrogen (secondary N) is 1. The number of azide groups is 1. The molecule has 0 saturated heterocycles. The van der Waals surface area contributed by atoms with E-state index < -0.39 is 0 Å². The van der Waals surface area contributed by atoms with Crippen molar-refractivity contribution >= 4 is 0 Å². The van der Waals surface area contributed by atoms with Crippen molar-refractivity contribution in [2.24, 2.45) is 5.11 Å². The van der Waals surface area contributed by atoms with Gasteiger partial charge in [0.25, 0.3) is 0 Å². The molecule has 1 N–H and O–H groups in total. The molecule has 76 valence electrons. The maximum atomic E-state index is 8.38. The molecule has 0 aromatic rings. The Kier molecular flexibility index (Phi) is 4.24. The quantitative estimate of drug-likeness (QED) is 0.398. The zero-order chi connectivity index (χ0) is 10.5. The highest BCUT2D eigenvalue weighted by Gasteiger charge is 2.28. The van der Waals surface area contributed by atoms with E-state index in [9.17, 15) is 0 Å². The fourth-order valence-corrected chi connectivity index (χ4v) is 1.50. The molecule has 13 heavy (non-hydrogen) atoms. The summed E-state index contributed by atoms with van der Waals surface area (Å²) in [4.78, 5) is 2.86. The summed E-state index contributed by atoms with van der Waals surface area (Å²) < 4.78 is 0. The Hall–Kier alpha value is -0.730. The molecular formula is C9H20N4. The first-order valence-electron chi connectivity index (χ1n) is 4.64. The van der Waals surface area contributed by atoms with Gasteiger partial charge in [-0.05, 0) is 32.3 Å². The lowest BCUT2D eigenvalue weighted by Crippen LogP contribution is -2.44. The van der Waals surface area contributed by atoms with Crippen molar-refractivity contribution in [2.75, 3.05) is 7.05 Å². The number of rotatable bonds is 5. The molecule has 0 saturated carbocycles. The average molecular weight is 184 g/mol. The van der Waals surface area contributed by atoms with E-state index in [1.807, 2.05) is 20.9 Å². The van der Waals surface area contributed by atoms with Gasteiger partial charge in [0.05, 0.1) is 0 Å². The molecule has 0 aliphatic carbocycles. The highest BCUT2D eigenvalue weighted by Crippen LogP contribution is 2.25. The van der Waals surface area contributed by atoms with Gasteiger partial charge in [-0.2, -0.15) is 0 Å². The van der Waals surface area contributed by atoms with E-state index in [0.29, 0.717) is 0 Å². The maximum absolute atomic E-state index is 8.38. The zero-order valence-electron chi connectivity index (χ0n) is 9.26. The Balaban J connectivity index is 4.47. The molecule has 0 fully saturated rings. The molecule has 4 nitrogen and oxygen atoms in total. The first-order chi connectivity index (χ1) is 5.89. The highest BCUT2D eigenvalue weighted by molar-refractivity contribution is 4.91. The molecule has 0 bridgehead atoms. The van der Waals surface area contributed by atoms with Crippen LogP contribution >= 0.6 is 0 Å². The monoisotopic (exact) mass is 184 g/mol. The largest absolute Gasteiger partial charge is 0.315 e. The van der Waals surface area contributed by atoms with Crippen LogP contribution in [-0.4, -0.2) is 18.1 Å². The molecule has 1 unspecified atom stereocenters. The van der Waals surface area contributed by atoms with Crippen LogP contribution < -0.4 is 5.32 Å². The molecule has 0 aliphatic rings.